The van der Waals surface area contributed by atoms with Crippen molar-refractivity contribution in [3.63, 3.8) is 0 Å². The summed E-state index contributed by atoms with van der Waals surface area (Å²) in [4.78, 5) is 30.6. The van der Waals surface area contributed by atoms with Crippen LogP contribution >= 0.6 is 0 Å². The van der Waals surface area contributed by atoms with Gasteiger partial charge in [0.2, 0.25) is 11.8 Å². The molecule has 1 saturated carbocycles. The normalized spacial score (nSPS) is 20.0. The molecule has 1 saturated heterocycles. The number of hydrogen-bond donors (Lipinski definition) is 1. The van der Waals surface area contributed by atoms with Gasteiger partial charge >= 0.3 is 0 Å². The van der Waals surface area contributed by atoms with E-state index < -0.39 is 0 Å². The van der Waals surface area contributed by atoms with E-state index in [-0.39, 0.29) is 17.7 Å². The maximum Gasteiger partial charge on any atom is 0.220 e. The lowest BCUT2D eigenvalue weighted by Crippen LogP contribution is -2.32. The number of likely N-dealkylation sites (tertiary alicyclic amines) is 1. The summed E-state index contributed by atoms with van der Waals surface area (Å²) in [6.07, 6.45) is 6.75. The number of hydrogen-bond acceptors (Lipinski definition) is 4. The Labute approximate surface area is 171 Å². The van der Waals surface area contributed by atoms with Crippen molar-refractivity contribution in [2.24, 2.45) is 0 Å². The SMILES string of the molecule is CC(=O)N1CCC(c2cc3nc(C)c(CCC(=O)NC4CCCC4)c(C)n3n2)C1. The molecule has 156 valence electrons. The molecule has 2 amide bonds. The van der Waals surface area contributed by atoms with Crippen LogP contribution in [0.4, 0.5) is 0 Å². The summed E-state index contributed by atoms with van der Waals surface area (Å²) in [5, 5.41) is 7.98. The minimum Gasteiger partial charge on any atom is -0.353 e. The molecule has 4 rings (SSSR count). The summed E-state index contributed by atoms with van der Waals surface area (Å²) in [6.45, 7) is 7.21. The fourth-order valence-corrected chi connectivity index (χ4v) is 4.80. The maximum absolute atomic E-state index is 12.3. The minimum absolute atomic E-state index is 0.125. The zero-order chi connectivity index (χ0) is 20.5. The number of carbonyl (C=O) groups excluding carboxylic acids is 2. The van der Waals surface area contributed by atoms with Crippen LogP contribution in [0.5, 0.6) is 0 Å². The molecule has 7 nitrogen and oxygen atoms in total. The maximum atomic E-state index is 12.3. The van der Waals surface area contributed by atoms with Crippen LogP contribution in [0.1, 0.15) is 74.0 Å². The van der Waals surface area contributed by atoms with E-state index in [9.17, 15) is 9.59 Å². The number of aromatic nitrogens is 3. The summed E-state index contributed by atoms with van der Waals surface area (Å²) in [5.41, 5.74) is 4.96. The zero-order valence-corrected chi connectivity index (χ0v) is 17.7. The number of nitrogens with zero attached hydrogens (tertiary/aromatic N) is 4. The van der Waals surface area contributed by atoms with Crippen LogP contribution in [0, 0.1) is 13.8 Å². The van der Waals surface area contributed by atoms with Gasteiger partial charge in [-0.3, -0.25) is 9.59 Å². The number of nitrogens with one attached hydrogen (secondary N) is 1. The second kappa shape index (κ2) is 8.13. The molecular formula is C22H31N5O2. The molecule has 0 radical (unpaired) electrons. The standard InChI is InChI=1S/C22H31N5O2/c1-14-19(8-9-22(29)24-18-6-4-5-7-18)15(2)27-21(23-14)12-20(25-27)17-10-11-26(13-17)16(3)28/h12,17-18H,4-11,13H2,1-3H3,(H,24,29). The van der Waals surface area contributed by atoms with Crippen LogP contribution < -0.4 is 5.32 Å². The summed E-state index contributed by atoms with van der Waals surface area (Å²) >= 11 is 0. The van der Waals surface area contributed by atoms with Gasteiger partial charge in [0.05, 0.1) is 5.69 Å². The molecule has 0 spiro atoms. The third-order valence-corrected chi connectivity index (χ3v) is 6.56. The Morgan fingerprint density at radius 3 is 2.66 bits per heavy atom. The van der Waals surface area contributed by atoms with E-state index in [0.717, 1.165) is 60.6 Å². The fourth-order valence-electron chi connectivity index (χ4n) is 4.80. The number of aryl methyl sites for hydroxylation is 2. The van der Waals surface area contributed by atoms with E-state index in [4.69, 9.17) is 10.1 Å². The van der Waals surface area contributed by atoms with Gasteiger partial charge in [0, 0.05) is 55.8 Å². The lowest BCUT2D eigenvalue weighted by molar-refractivity contribution is -0.127. The number of fused-ring (bicyclic) bond motifs is 1. The van der Waals surface area contributed by atoms with Crippen molar-refractivity contribution in [3.8, 4) is 0 Å². The highest BCUT2D eigenvalue weighted by Gasteiger charge is 2.28. The quantitative estimate of drug-likeness (QED) is 0.841. The van der Waals surface area contributed by atoms with E-state index in [0.29, 0.717) is 18.9 Å². The van der Waals surface area contributed by atoms with Crippen LogP contribution in [0.15, 0.2) is 6.07 Å². The number of rotatable bonds is 5. The van der Waals surface area contributed by atoms with Gasteiger partial charge in [-0.1, -0.05) is 12.8 Å². The Morgan fingerprint density at radius 2 is 1.97 bits per heavy atom. The van der Waals surface area contributed by atoms with Crippen LogP contribution in [-0.4, -0.2) is 50.4 Å². The molecule has 3 heterocycles. The van der Waals surface area contributed by atoms with Gasteiger partial charge in [0.15, 0.2) is 5.65 Å². The summed E-state index contributed by atoms with van der Waals surface area (Å²) in [5.74, 6) is 0.521. The summed E-state index contributed by atoms with van der Waals surface area (Å²) in [6, 6.07) is 2.41. The van der Waals surface area contributed by atoms with Crippen LogP contribution in [0.3, 0.4) is 0 Å². The lowest BCUT2D eigenvalue weighted by atomic mass is 10.1. The first-order chi connectivity index (χ1) is 13.9. The summed E-state index contributed by atoms with van der Waals surface area (Å²) in [7, 11) is 0. The van der Waals surface area contributed by atoms with E-state index in [1.54, 1.807) is 6.92 Å². The molecule has 2 fully saturated rings. The third kappa shape index (κ3) is 4.14. The highest BCUT2D eigenvalue weighted by molar-refractivity contribution is 5.76. The number of carbonyl (C=O) groups is 2. The molecule has 1 aliphatic carbocycles. The average Bonchev–Trinajstić information content (AvgIpc) is 3.41. The highest BCUT2D eigenvalue weighted by Crippen LogP contribution is 2.28. The molecule has 2 aromatic heterocycles. The van der Waals surface area contributed by atoms with Crippen LogP contribution in [0.2, 0.25) is 0 Å². The van der Waals surface area contributed by atoms with Crippen molar-refractivity contribution < 1.29 is 9.59 Å². The van der Waals surface area contributed by atoms with E-state index >= 15 is 0 Å². The Hall–Kier alpha value is -2.44. The van der Waals surface area contributed by atoms with Crippen molar-refractivity contribution in [3.05, 3.63) is 28.7 Å². The first-order valence-corrected chi connectivity index (χ1v) is 10.8. The van der Waals surface area contributed by atoms with Crippen LogP contribution in [0.25, 0.3) is 5.65 Å². The van der Waals surface area contributed by atoms with Gasteiger partial charge in [0.1, 0.15) is 0 Å². The van der Waals surface area contributed by atoms with Crippen molar-refractivity contribution in [1.82, 2.24) is 24.8 Å². The van der Waals surface area contributed by atoms with Crippen molar-refractivity contribution in [1.29, 1.82) is 0 Å². The second-order valence-corrected chi connectivity index (χ2v) is 8.60. The third-order valence-electron chi connectivity index (χ3n) is 6.56. The predicted octanol–water partition coefficient (Wildman–Crippen LogP) is 2.67. The van der Waals surface area contributed by atoms with Gasteiger partial charge in [-0.05, 0) is 45.1 Å². The minimum atomic E-state index is 0.125. The highest BCUT2D eigenvalue weighted by atomic mass is 16.2. The van der Waals surface area contributed by atoms with E-state index in [1.807, 2.05) is 22.4 Å². The van der Waals surface area contributed by atoms with E-state index in [1.165, 1.54) is 12.8 Å². The molecule has 29 heavy (non-hydrogen) atoms. The van der Waals surface area contributed by atoms with Gasteiger partial charge in [0.25, 0.3) is 0 Å². The zero-order valence-electron chi connectivity index (χ0n) is 17.7. The molecule has 0 aromatic carbocycles. The number of amides is 2. The van der Waals surface area contributed by atoms with Crippen LogP contribution in [-0.2, 0) is 16.0 Å². The molecule has 1 unspecified atom stereocenters. The molecule has 1 N–H and O–H groups in total. The topological polar surface area (TPSA) is 79.6 Å². The molecule has 7 heteroatoms. The Bertz CT molecular complexity index is 929. The Balaban J connectivity index is 1.48. The van der Waals surface area contributed by atoms with Gasteiger partial charge < -0.3 is 10.2 Å². The second-order valence-electron chi connectivity index (χ2n) is 8.60. The first-order valence-electron chi connectivity index (χ1n) is 10.8. The predicted molar refractivity (Wildman–Crippen MR) is 111 cm³/mol. The van der Waals surface area contributed by atoms with Gasteiger partial charge in [-0.25, -0.2) is 9.50 Å². The molecule has 2 aliphatic rings. The average molecular weight is 398 g/mol. The Morgan fingerprint density at radius 1 is 1.21 bits per heavy atom. The largest absolute Gasteiger partial charge is 0.353 e. The molecule has 2 aromatic rings. The smallest absolute Gasteiger partial charge is 0.220 e. The van der Waals surface area contributed by atoms with Gasteiger partial charge in [-0.15, -0.1) is 0 Å². The van der Waals surface area contributed by atoms with E-state index in [2.05, 4.69) is 12.2 Å². The molecule has 1 aliphatic heterocycles. The monoisotopic (exact) mass is 397 g/mol. The van der Waals surface area contributed by atoms with Crippen molar-refractivity contribution in [2.75, 3.05) is 13.1 Å². The summed E-state index contributed by atoms with van der Waals surface area (Å²) < 4.78 is 1.91. The fraction of sp³-hybridized carbons (Fsp3) is 0.636. The Kier molecular flexibility index (Phi) is 5.56. The van der Waals surface area contributed by atoms with Crippen molar-refractivity contribution in [2.45, 2.75) is 77.7 Å². The molecular weight excluding hydrogens is 366 g/mol. The first kappa shape index (κ1) is 19.9. The molecule has 1 atom stereocenters. The van der Waals surface area contributed by atoms with Gasteiger partial charge in [-0.2, -0.15) is 5.10 Å². The molecule has 0 bridgehead atoms. The lowest BCUT2D eigenvalue weighted by Gasteiger charge is -2.14. The van der Waals surface area contributed by atoms with Crippen molar-refractivity contribution >= 4 is 17.5 Å².